The van der Waals surface area contributed by atoms with Gasteiger partial charge in [0.05, 0.1) is 37.0 Å². The summed E-state index contributed by atoms with van der Waals surface area (Å²) in [5.41, 5.74) is 36.4. The molecule has 0 aromatic carbocycles. The molecule has 0 bridgehead atoms. The second-order valence-corrected chi connectivity index (χ2v) is 10.8. The average molecular weight is 551 g/mol. The zero-order valence-corrected chi connectivity index (χ0v) is 21.6. The number of aliphatic hydroxyl groups excluding tert-OH is 3. The first-order valence-corrected chi connectivity index (χ1v) is 13.5. The maximum Gasteiger partial charge on any atom is 0.187 e. The maximum atomic E-state index is 11.1. The summed E-state index contributed by atoms with van der Waals surface area (Å²) in [7, 11) is 0. The molecule has 15 atom stereocenters. The lowest BCUT2D eigenvalue weighted by Gasteiger charge is -2.45. The van der Waals surface area contributed by atoms with Crippen molar-refractivity contribution in [1.82, 2.24) is 0 Å². The van der Waals surface area contributed by atoms with Gasteiger partial charge < -0.3 is 78.1 Å². The van der Waals surface area contributed by atoms with E-state index in [4.69, 9.17) is 62.8 Å². The molecule has 4 fully saturated rings. The summed E-state index contributed by atoms with van der Waals surface area (Å²) < 4.78 is 35.7. The summed E-state index contributed by atoms with van der Waals surface area (Å²) in [6, 6.07) is -2.22. The van der Waals surface area contributed by atoms with Gasteiger partial charge in [-0.05, 0) is 32.1 Å². The van der Waals surface area contributed by atoms with Crippen molar-refractivity contribution in [3.05, 3.63) is 0 Å². The Labute approximate surface area is 222 Å². The van der Waals surface area contributed by atoms with Crippen LogP contribution in [0.1, 0.15) is 32.1 Å². The van der Waals surface area contributed by atoms with E-state index in [1.165, 1.54) is 0 Å². The van der Waals surface area contributed by atoms with Crippen molar-refractivity contribution in [3.8, 4) is 0 Å². The summed E-state index contributed by atoms with van der Waals surface area (Å²) in [5.74, 6) is 0. The monoisotopic (exact) mass is 550 g/mol. The second-order valence-electron chi connectivity index (χ2n) is 10.8. The lowest BCUT2D eigenvalue weighted by atomic mass is 9.84. The fourth-order valence-electron chi connectivity index (χ4n) is 5.56. The van der Waals surface area contributed by atoms with E-state index in [1.54, 1.807) is 0 Å². The summed E-state index contributed by atoms with van der Waals surface area (Å²) in [6.45, 7) is 0.137. The van der Waals surface area contributed by atoms with E-state index < -0.39 is 86.3 Å². The van der Waals surface area contributed by atoms with Crippen LogP contribution in [-0.4, -0.2) is 127 Å². The van der Waals surface area contributed by atoms with Gasteiger partial charge in [-0.15, -0.1) is 0 Å². The molecule has 1 saturated carbocycles. The van der Waals surface area contributed by atoms with Gasteiger partial charge in [0.15, 0.2) is 18.9 Å². The van der Waals surface area contributed by atoms with Gasteiger partial charge in [-0.3, -0.25) is 0 Å². The third-order valence-corrected chi connectivity index (χ3v) is 7.93. The minimum Gasteiger partial charge on any atom is -0.394 e. The van der Waals surface area contributed by atoms with Crippen molar-refractivity contribution in [2.45, 2.75) is 124 Å². The van der Waals surface area contributed by atoms with Crippen LogP contribution in [0.15, 0.2) is 0 Å². The molecule has 38 heavy (non-hydrogen) atoms. The minimum absolute atomic E-state index is 0.221. The molecule has 0 aromatic rings. The van der Waals surface area contributed by atoms with Gasteiger partial charge in [0.1, 0.15) is 30.5 Å². The SMILES string of the molecule is NC[C@@H]1CC[C@@H](N)[C@@H](O[C@H]2[C@H](O[C@@H]3O[C@H](CO)[C@@H](O[C@H]4O[C@@H](CN)CC[C@H]4N)[C@H]3O)[C@@H](O)[C@H](N)C[C@@H]2N)O1. The standard InChI is InChI=1S/C23H46N6O9/c24-6-9-1-3-11(26)21(33-9)36-18-14(29)5-13(28)16(31)20(18)38-23-17(32)19(15(8-30)35-23)37-22-12(27)4-2-10(7-25)34-22/h9-23,30-32H,1-8,24-29H2/t9-,10+,11+,12+,13+,14-,15+,16-,17+,18+,19+,20+,21+,22+,23-/m0/s1. The van der Waals surface area contributed by atoms with Crippen molar-refractivity contribution < 1.29 is 43.7 Å². The average Bonchev–Trinajstić information content (AvgIpc) is 3.20. The highest BCUT2D eigenvalue weighted by atomic mass is 16.8. The zero-order valence-electron chi connectivity index (χ0n) is 21.6. The Kier molecular flexibility index (Phi) is 10.7. The predicted molar refractivity (Wildman–Crippen MR) is 133 cm³/mol. The molecule has 4 rings (SSSR count). The lowest BCUT2D eigenvalue weighted by Crippen LogP contribution is -2.65. The molecule has 1 aliphatic carbocycles. The van der Waals surface area contributed by atoms with Gasteiger partial charge in [-0.2, -0.15) is 0 Å². The largest absolute Gasteiger partial charge is 0.394 e. The van der Waals surface area contributed by atoms with E-state index in [1.807, 2.05) is 0 Å². The first kappa shape index (κ1) is 30.4. The molecule has 0 unspecified atom stereocenters. The number of aliphatic hydroxyl groups is 3. The zero-order chi connectivity index (χ0) is 27.6. The van der Waals surface area contributed by atoms with Crippen LogP contribution in [-0.2, 0) is 28.4 Å². The van der Waals surface area contributed by atoms with Crippen LogP contribution in [0.5, 0.6) is 0 Å². The van der Waals surface area contributed by atoms with Crippen LogP contribution in [0, 0.1) is 0 Å². The van der Waals surface area contributed by atoms with Crippen molar-refractivity contribution in [2.75, 3.05) is 19.7 Å². The van der Waals surface area contributed by atoms with Crippen LogP contribution in [0.4, 0.5) is 0 Å². The van der Waals surface area contributed by atoms with Crippen LogP contribution < -0.4 is 34.4 Å². The molecule has 4 aliphatic rings. The van der Waals surface area contributed by atoms with E-state index in [9.17, 15) is 15.3 Å². The summed E-state index contributed by atoms with van der Waals surface area (Å²) in [4.78, 5) is 0. The molecule has 15 heteroatoms. The van der Waals surface area contributed by atoms with Crippen LogP contribution in [0.25, 0.3) is 0 Å². The minimum atomic E-state index is -1.36. The maximum absolute atomic E-state index is 11.1. The first-order valence-electron chi connectivity index (χ1n) is 13.5. The molecule has 15 N–H and O–H groups in total. The molecule has 3 saturated heterocycles. The Morgan fingerprint density at radius 3 is 1.66 bits per heavy atom. The Balaban J connectivity index is 1.46. The van der Waals surface area contributed by atoms with Crippen molar-refractivity contribution in [3.63, 3.8) is 0 Å². The van der Waals surface area contributed by atoms with Crippen molar-refractivity contribution in [1.29, 1.82) is 0 Å². The molecular formula is C23H46N6O9. The second kappa shape index (κ2) is 13.4. The lowest BCUT2D eigenvalue weighted by molar-refractivity contribution is -0.287. The van der Waals surface area contributed by atoms with Gasteiger partial charge in [-0.25, -0.2) is 0 Å². The number of nitrogens with two attached hydrogens (primary N) is 6. The van der Waals surface area contributed by atoms with E-state index in [2.05, 4.69) is 0 Å². The van der Waals surface area contributed by atoms with Crippen LogP contribution in [0.2, 0.25) is 0 Å². The quantitative estimate of drug-likeness (QED) is 0.130. The topological polar surface area (TPSA) is 272 Å². The molecule has 0 spiro atoms. The van der Waals surface area contributed by atoms with Crippen LogP contribution >= 0.6 is 0 Å². The Morgan fingerprint density at radius 2 is 1.13 bits per heavy atom. The molecule has 3 aliphatic heterocycles. The third-order valence-electron chi connectivity index (χ3n) is 7.93. The smallest absolute Gasteiger partial charge is 0.187 e. The number of rotatable bonds is 9. The summed E-state index contributed by atoms with van der Waals surface area (Å²) >= 11 is 0. The molecular weight excluding hydrogens is 504 g/mol. The molecule has 15 nitrogen and oxygen atoms in total. The van der Waals surface area contributed by atoms with Crippen molar-refractivity contribution in [2.24, 2.45) is 34.4 Å². The highest BCUT2D eigenvalue weighted by Gasteiger charge is 2.52. The fourth-order valence-corrected chi connectivity index (χ4v) is 5.56. The number of hydrogen-bond donors (Lipinski definition) is 9. The van der Waals surface area contributed by atoms with Crippen LogP contribution in [0.3, 0.4) is 0 Å². The van der Waals surface area contributed by atoms with Gasteiger partial charge >= 0.3 is 0 Å². The summed E-state index contributed by atoms with van der Waals surface area (Å²) in [6.07, 6.45) is -7.05. The number of hydrogen-bond acceptors (Lipinski definition) is 15. The Hall–Kier alpha value is -0.600. The highest BCUT2D eigenvalue weighted by molar-refractivity contribution is 5.01. The predicted octanol–water partition coefficient (Wildman–Crippen LogP) is -4.78. The third kappa shape index (κ3) is 6.64. The Bertz CT molecular complexity index is 745. The van der Waals surface area contributed by atoms with E-state index in [0.717, 1.165) is 0 Å². The molecule has 0 aromatic heterocycles. The van der Waals surface area contributed by atoms with Gasteiger partial charge in [0, 0.05) is 25.2 Å². The van der Waals surface area contributed by atoms with E-state index in [-0.39, 0.29) is 18.6 Å². The normalized spacial score (nSPS) is 50.3. The van der Waals surface area contributed by atoms with Gasteiger partial charge in [0.2, 0.25) is 0 Å². The van der Waals surface area contributed by atoms with E-state index >= 15 is 0 Å². The van der Waals surface area contributed by atoms with Crippen molar-refractivity contribution >= 4 is 0 Å². The number of ether oxygens (including phenoxy) is 6. The molecule has 3 heterocycles. The summed E-state index contributed by atoms with van der Waals surface area (Å²) in [5, 5.41) is 32.0. The highest BCUT2D eigenvalue weighted by Crippen LogP contribution is 2.34. The molecule has 222 valence electrons. The van der Waals surface area contributed by atoms with Gasteiger partial charge in [0.25, 0.3) is 0 Å². The van der Waals surface area contributed by atoms with E-state index in [0.29, 0.717) is 38.8 Å². The fraction of sp³-hybridized carbons (Fsp3) is 1.00. The first-order chi connectivity index (χ1) is 18.2. The molecule has 0 radical (unpaired) electrons. The molecule has 0 amide bonds. The van der Waals surface area contributed by atoms with Gasteiger partial charge in [-0.1, -0.05) is 0 Å². The Morgan fingerprint density at radius 1 is 0.605 bits per heavy atom.